The highest BCUT2D eigenvalue weighted by molar-refractivity contribution is 6.00. The highest BCUT2D eigenvalue weighted by Gasteiger charge is 2.84. The van der Waals surface area contributed by atoms with Crippen LogP contribution in [0.5, 0.6) is 0 Å². The zero-order valence-electron chi connectivity index (χ0n) is 27.2. The van der Waals surface area contributed by atoms with Crippen molar-refractivity contribution in [3.05, 3.63) is 11.6 Å². The maximum atomic E-state index is 13.2. The molecule has 1 unspecified atom stereocenters. The molecule has 16 nitrogen and oxygen atoms in total. The third-order valence-corrected chi connectivity index (χ3v) is 9.92. The molecule has 2 aliphatic carbocycles. The molecule has 1 saturated carbocycles. The van der Waals surface area contributed by atoms with Gasteiger partial charge in [-0.3, -0.25) is 28.8 Å². The molecular weight excluding hydrogens is 628 g/mol. The molecule has 4 fully saturated rings. The maximum absolute atomic E-state index is 13.2. The number of hydrogen-bond acceptors (Lipinski definition) is 16. The van der Waals surface area contributed by atoms with Crippen molar-refractivity contribution in [2.24, 2.45) is 10.8 Å². The van der Waals surface area contributed by atoms with E-state index in [0.29, 0.717) is 0 Å². The fourth-order valence-electron chi connectivity index (χ4n) is 7.77. The average Bonchev–Trinajstić information content (AvgIpc) is 3.74. The van der Waals surface area contributed by atoms with Crippen LogP contribution in [-0.2, 0) is 71.4 Å². The van der Waals surface area contributed by atoms with Crippen LogP contribution >= 0.6 is 0 Å². The summed E-state index contributed by atoms with van der Waals surface area (Å²) in [5.41, 5.74) is -3.36. The van der Waals surface area contributed by atoms with E-state index in [1.54, 1.807) is 13.0 Å². The predicted octanol–water partition coefficient (Wildman–Crippen LogP) is -0.159. The summed E-state index contributed by atoms with van der Waals surface area (Å²) in [6.45, 7) is 8.45. The van der Waals surface area contributed by atoms with Crippen molar-refractivity contribution in [1.82, 2.24) is 0 Å². The van der Waals surface area contributed by atoms with Gasteiger partial charge in [0.15, 0.2) is 30.4 Å². The normalized spacial score (nSPS) is 41.7. The number of rotatable bonds is 9. The first-order chi connectivity index (χ1) is 22.0. The number of aliphatic hydroxyl groups excluding tert-OH is 1. The van der Waals surface area contributed by atoms with E-state index in [1.165, 1.54) is 6.92 Å². The van der Waals surface area contributed by atoms with Crippen LogP contribution in [0.4, 0.5) is 0 Å². The van der Waals surface area contributed by atoms with Crippen LogP contribution in [0.15, 0.2) is 11.6 Å². The van der Waals surface area contributed by atoms with Crippen LogP contribution in [0.3, 0.4) is 0 Å². The van der Waals surface area contributed by atoms with Crippen LogP contribution in [-0.4, -0.2) is 121 Å². The second-order valence-electron chi connectivity index (χ2n) is 12.9. The number of esters is 5. The molecule has 3 saturated heterocycles. The van der Waals surface area contributed by atoms with Gasteiger partial charge in [-0.05, 0) is 25.0 Å². The van der Waals surface area contributed by atoms with Crippen molar-refractivity contribution in [1.29, 1.82) is 0 Å². The Balaban J connectivity index is 1.54. The molecule has 12 atom stereocenters. The van der Waals surface area contributed by atoms with E-state index in [1.807, 2.05) is 6.92 Å². The summed E-state index contributed by atoms with van der Waals surface area (Å²) in [6.07, 6.45) is -9.63. The van der Waals surface area contributed by atoms with Gasteiger partial charge in [-0.1, -0.05) is 6.92 Å². The number of ether oxygens (including phenoxy) is 9. The summed E-state index contributed by atoms with van der Waals surface area (Å²) in [4.78, 5) is 73.7. The molecule has 0 radical (unpaired) electrons. The van der Waals surface area contributed by atoms with Crippen molar-refractivity contribution in [3.8, 4) is 0 Å². The molecule has 16 heteroatoms. The van der Waals surface area contributed by atoms with Crippen LogP contribution < -0.4 is 0 Å². The Morgan fingerprint density at radius 2 is 1.45 bits per heavy atom. The summed E-state index contributed by atoms with van der Waals surface area (Å²) < 4.78 is 52.4. The van der Waals surface area contributed by atoms with Gasteiger partial charge in [0.25, 0.3) is 0 Å². The van der Waals surface area contributed by atoms with Gasteiger partial charge in [-0.2, -0.15) is 0 Å². The van der Waals surface area contributed by atoms with Gasteiger partial charge in [0.05, 0.1) is 24.2 Å². The molecule has 0 aromatic rings. The van der Waals surface area contributed by atoms with Crippen LogP contribution in [0.2, 0.25) is 0 Å². The first-order valence-corrected chi connectivity index (χ1v) is 15.3. The third kappa shape index (κ3) is 5.83. The monoisotopic (exact) mass is 668 g/mol. The van der Waals surface area contributed by atoms with Gasteiger partial charge >= 0.3 is 29.8 Å². The molecule has 0 aromatic heterocycles. The molecule has 1 N–H and O–H groups in total. The number of carbonyl (C=O) groups is 6. The molecule has 47 heavy (non-hydrogen) atoms. The van der Waals surface area contributed by atoms with E-state index < -0.39 is 114 Å². The fourth-order valence-corrected chi connectivity index (χ4v) is 7.77. The SMILES string of the molecule is CC(=O)OC[C@H]1O[C@@H](O[C@@H]2C[C@@]3(C)C4(CO4)[C@@H]2O[C@@H]2C=C(C)C(=O)[C@@H](O)[C@@]23COC(C)=O)[C@H](OC(C)=O)[C@@H](OC(C)=O)[C@@H]1OC(C)=O. The number of hydrogen-bond donors (Lipinski definition) is 1. The molecule has 1 spiro atoms. The number of fused-ring (bicyclic) bond motifs is 2. The molecule has 3 heterocycles. The lowest BCUT2D eigenvalue weighted by Crippen LogP contribution is -2.70. The van der Waals surface area contributed by atoms with E-state index in [4.69, 9.17) is 42.6 Å². The average molecular weight is 669 g/mol. The van der Waals surface area contributed by atoms with Gasteiger partial charge in [-0.25, -0.2) is 0 Å². The minimum Gasteiger partial charge on any atom is -0.465 e. The predicted molar refractivity (Wildman–Crippen MR) is 151 cm³/mol. The van der Waals surface area contributed by atoms with Crippen molar-refractivity contribution >= 4 is 35.6 Å². The quantitative estimate of drug-likeness (QED) is 0.192. The van der Waals surface area contributed by atoms with Crippen LogP contribution in [0.25, 0.3) is 0 Å². The van der Waals surface area contributed by atoms with Gasteiger partial charge in [0, 0.05) is 40.0 Å². The fraction of sp³-hybridized carbons (Fsp3) is 0.742. The topological polar surface area (TPSA) is 209 Å². The Morgan fingerprint density at radius 1 is 0.872 bits per heavy atom. The standard InChI is InChI=1S/C31H40O16/c1-13-8-21-30(11-40-15(3)33,26(38)22(13)37)29(7)9-19(27(47-21)31(29)12-41-31)45-28-25(44-18(6)36)24(43-17(5)35)23(42-16(4)34)20(46-28)10-39-14(2)32/h8,19-21,23-28,38H,9-12H2,1-7H3/t19-,20-,21-,23-,24+,25-,26-,27-,28-,29-,30-,31?/m1/s1. The van der Waals surface area contributed by atoms with Crippen LogP contribution in [0, 0.1) is 10.8 Å². The molecule has 5 aliphatic rings. The number of ketones is 1. The summed E-state index contributed by atoms with van der Waals surface area (Å²) >= 11 is 0. The number of carbonyl (C=O) groups excluding carboxylic acids is 6. The lowest BCUT2D eigenvalue weighted by atomic mass is 9.50. The van der Waals surface area contributed by atoms with E-state index >= 15 is 0 Å². The molecule has 3 aliphatic heterocycles. The number of epoxide rings is 1. The molecule has 0 aromatic carbocycles. The van der Waals surface area contributed by atoms with Crippen molar-refractivity contribution < 1.29 is 76.5 Å². The molecule has 5 rings (SSSR count). The first-order valence-electron chi connectivity index (χ1n) is 15.3. The smallest absolute Gasteiger partial charge is 0.303 e. The highest BCUT2D eigenvalue weighted by Crippen LogP contribution is 2.71. The minimum atomic E-state index is -1.62. The summed E-state index contributed by atoms with van der Waals surface area (Å²) in [5, 5.41) is 11.6. The molecule has 2 bridgehead atoms. The van der Waals surface area contributed by atoms with Crippen molar-refractivity contribution in [2.75, 3.05) is 19.8 Å². The van der Waals surface area contributed by atoms with E-state index in [-0.39, 0.29) is 25.2 Å². The zero-order valence-corrected chi connectivity index (χ0v) is 27.2. The Hall–Kier alpha value is -3.44. The Bertz CT molecular complexity index is 1370. The van der Waals surface area contributed by atoms with E-state index in [2.05, 4.69) is 0 Å². The maximum Gasteiger partial charge on any atom is 0.303 e. The second-order valence-corrected chi connectivity index (χ2v) is 12.9. The lowest BCUT2D eigenvalue weighted by Gasteiger charge is -2.58. The highest BCUT2D eigenvalue weighted by atomic mass is 16.7. The number of Topliss-reactive ketones (excluding diaryl/α,β-unsaturated/α-hetero) is 1. The zero-order chi connectivity index (χ0) is 34.6. The third-order valence-electron chi connectivity index (χ3n) is 9.92. The Labute approximate surface area is 270 Å². The Kier molecular flexibility index (Phi) is 9.31. The molecule has 0 amide bonds. The lowest BCUT2D eigenvalue weighted by molar-refractivity contribution is -0.323. The number of aliphatic hydroxyl groups is 1. The van der Waals surface area contributed by atoms with Gasteiger partial charge < -0.3 is 47.7 Å². The summed E-state index contributed by atoms with van der Waals surface area (Å²) in [6, 6.07) is 0. The first kappa shape index (κ1) is 34.9. The van der Waals surface area contributed by atoms with E-state index in [0.717, 1.165) is 27.7 Å². The Morgan fingerprint density at radius 3 is 2.00 bits per heavy atom. The van der Waals surface area contributed by atoms with Crippen molar-refractivity contribution in [2.45, 2.75) is 116 Å². The largest absolute Gasteiger partial charge is 0.465 e. The van der Waals surface area contributed by atoms with Gasteiger partial charge in [0.2, 0.25) is 0 Å². The second kappa shape index (κ2) is 12.5. The van der Waals surface area contributed by atoms with E-state index in [9.17, 15) is 33.9 Å². The minimum absolute atomic E-state index is 0.0829. The molecule has 260 valence electrons. The summed E-state index contributed by atoms with van der Waals surface area (Å²) in [7, 11) is 0. The molecular formula is C31H40O16. The van der Waals surface area contributed by atoms with Crippen LogP contribution in [0.1, 0.15) is 54.9 Å². The van der Waals surface area contributed by atoms with Gasteiger partial charge in [0.1, 0.15) is 37.1 Å². The van der Waals surface area contributed by atoms with Gasteiger partial charge in [-0.15, -0.1) is 0 Å². The summed E-state index contributed by atoms with van der Waals surface area (Å²) in [5.74, 6) is -4.21. The van der Waals surface area contributed by atoms with Crippen molar-refractivity contribution in [3.63, 3.8) is 0 Å².